The van der Waals surface area contributed by atoms with Crippen molar-refractivity contribution in [1.29, 1.82) is 0 Å². The van der Waals surface area contributed by atoms with Gasteiger partial charge in [-0.05, 0) is 23.8 Å². The third kappa shape index (κ3) is 2.42. The molecule has 4 rings (SSSR count). The van der Waals surface area contributed by atoms with E-state index in [0.717, 1.165) is 17.8 Å². The minimum Gasteiger partial charge on any atom is -0.497 e. The predicted molar refractivity (Wildman–Crippen MR) is 86.6 cm³/mol. The highest BCUT2D eigenvalue weighted by Crippen LogP contribution is 2.36. The number of nitrogens with zero attached hydrogens (tertiary/aromatic N) is 3. The van der Waals surface area contributed by atoms with Gasteiger partial charge in [0.15, 0.2) is 0 Å². The monoisotopic (exact) mass is 326 g/mol. The third-order valence-corrected chi connectivity index (χ3v) is 4.67. The number of rotatable bonds is 2. The van der Waals surface area contributed by atoms with E-state index < -0.39 is 5.92 Å². The number of hydrogen-bond acceptors (Lipinski definition) is 4. The molecule has 0 radical (unpaired) electrons. The summed E-state index contributed by atoms with van der Waals surface area (Å²) in [5.41, 5.74) is 2.52. The Kier molecular flexibility index (Phi) is 3.48. The van der Waals surface area contributed by atoms with Crippen LogP contribution in [0.5, 0.6) is 5.75 Å². The summed E-state index contributed by atoms with van der Waals surface area (Å²) in [4.78, 5) is 31.0. The second-order valence-corrected chi connectivity index (χ2v) is 6.10. The zero-order valence-corrected chi connectivity index (χ0v) is 13.4. The molecule has 2 amide bonds. The van der Waals surface area contributed by atoms with Gasteiger partial charge in [0.25, 0.3) is 0 Å². The van der Waals surface area contributed by atoms with E-state index in [1.54, 1.807) is 31.8 Å². The van der Waals surface area contributed by atoms with E-state index in [1.165, 1.54) is 0 Å². The highest BCUT2D eigenvalue weighted by atomic mass is 16.5. The molecule has 0 aliphatic carbocycles. The minimum absolute atomic E-state index is 0.0215. The van der Waals surface area contributed by atoms with Crippen LogP contribution in [0, 0.1) is 0 Å². The lowest BCUT2D eigenvalue weighted by Gasteiger charge is -2.33. The highest BCUT2D eigenvalue weighted by Gasteiger charge is 2.35. The molecule has 7 heteroatoms. The molecular weight excluding hydrogens is 308 g/mol. The van der Waals surface area contributed by atoms with Gasteiger partial charge >= 0.3 is 0 Å². The van der Waals surface area contributed by atoms with E-state index in [0.29, 0.717) is 24.5 Å². The first-order valence-electron chi connectivity index (χ1n) is 7.91. The van der Waals surface area contributed by atoms with Gasteiger partial charge < -0.3 is 19.5 Å². The van der Waals surface area contributed by atoms with E-state index >= 15 is 0 Å². The van der Waals surface area contributed by atoms with Gasteiger partial charge in [-0.3, -0.25) is 9.59 Å². The molecular formula is C17H18N4O3. The number of benzene rings is 1. The first-order valence-corrected chi connectivity index (χ1v) is 7.91. The van der Waals surface area contributed by atoms with Crippen LogP contribution >= 0.6 is 0 Å². The summed E-state index contributed by atoms with van der Waals surface area (Å²) in [6, 6.07) is 5.41. The number of hydrogen-bond donors (Lipinski definition) is 1. The van der Waals surface area contributed by atoms with Gasteiger partial charge in [-0.25, -0.2) is 4.98 Å². The molecule has 124 valence electrons. The van der Waals surface area contributed by atoms with Crippen molar-refractivity contribution in [1.82, 2.24) is 14.5 Å². The number of aromatic nitrogens is 2. The number of carbonyl (C=O) groups is 2. The Labute approximate surface area is 139 Å². The highest BCUT2D eigenvalue weighted by molar-refractivity contribution is 6.01. The molecule has 2 aromatic rings. The van der Waals surface area contributed by atoms with Crippen LogP contribution in [0.3, 0.4) is 0 Å². The molecule has 3 heterocycles. The fourth-order valence-corrected chi connectivity index (χ4v) is 3.38. The van der Waals surface area contributed by atoms with Gasteiger partial charge in [-0.1, -0.05) is 0 Å². The van der Waals surface area contributed by atoms with Crippen molar-refractivity contribution >= 4 is 17.5 Å². The van der Waals surface area contributed by atoms with E-state index in [-0.39, 0.29) is 18.2 Å². The first-order chi connectivity index (χ1) is 11.7. The largest absolute Gasteiger partial charge is 0.497 e. The maximum atomic E-state index is 13.1. The van der Waals surface area contributed by atoms with E-state index in [1.807, 2.05) is 15.5 Å². The SMILES string of the molecule is COc1ccc2c(c1)[C@@H](C(=O)N1CCn3cncc3C1)CC(=O)N2. The Balaban J connectivity index is 1.64. The Morgan fingerprint density at radius 3 is 3.08 bits per heavy atom. The molecule has 1 atom stereocenters. The molecule has 0 saturated heterocycles. The minimum atomic E-state index is -0.474. The molecule has 0 spiro atoms. The number of anilines is 1. The van der Waals surface area contributed by atoms with Gasteiger partial charge in [0.2, 0.25) is 11.8 Å². The van der Waals surface area contributed by atoms with Crippen molar-refractivity contribution in [3.05, 3.63) is 42.0 Å². The number of fused-ring (bicyclic) bond motifs is 2. The third-order valence-electron chi connectivity index (χ3n) is 4.67. The summed E-state index contributed by atoms with van der Waals surface area (Å²) in [7, 11) is 1.59. The Morgan fingerprint density at radius 1 is 1.38 bits per heavy atom. The topological polar surface area (TPSA) is 76.5 Å². The van der Waals surface area contributed by atoms with Crippen molar-refractivity contribution in [3.8, 4) is 5.75 Å². The number of carbonyl (C=O) groups excluding carboxylic acids is 2. The van der Waals surface area contributed by atoms with Crippen molar-refractivity contribution in [3.63, 3.8) is 0 Å². The smallest absolute Gasteiger partial charge is 0.231 e. The molecule has 2 aliphatic rings. The number of methoxy groups -OCH3 is 1. The average Bonchev–Trinajstić information content (AvgIpc) is 3.07. The van der Waals surface area contributed by atoms with Crippen LogP contribution in [-0.2, 0) is 22.7 Å². The lowest BCUT2D eigenvalue weighted by molar-refractivity contribution is -0.136. The molecule has 0 unspecified atom stereocenters. The lowest BCUT2D eigenvalue weighted by Crippen LogP contribution is -2.42. The molecule has 1 aromatic heterocycles. The molecule has 7 nitrogen and oxygen atoms in total. The van der Waals surface area contributed by atoms with Gasteiger partial charge in [-0.2, -0.15) is 0 Å². The molecule has 2 aliphatic heterocycles. The predicted octanol–water partition coefficient (Wildman–Crippen LogP) is 1.36. The normalized spacial score (nSPS) is 19.3. The lowest BCUT2D eigenvalue weighted by atomic mass is 9.89. The summed E-state index contributed by atoms with van der Waals surface area (Å²) >= 11 is 0. The van der Waals surface area contributed by atoms with Crippen LogP contribution in [0.4, 0.5) is 5.69 Å². The van der Waals surface area contributed by atoms with E-state index in [2.05, 4.69) is 10.3 Å². The van der Waals surface area contributed by atoms with Gasteiger partial charge in [0.1, 0.15) is 5.75 Å². The molecule has 1 N–H and O–H groups in total. The summed E-state index contributed by atoms with van der Waals surface area (Å²) < 4.78 is 7.32. The molecule has 1 aromatic carbocycles. The Hall–Kier alpha value is -2.83. The molecule has 0 fully saturated rings. The second kappa shape index (κ2) is 5.67. The Bertz CT molecular complexity index is 814. The van der Waals surface area contributed by atoms with Crippen molar-refractivity contribution in [2.45, 2.75) is 25.4 Å². The maximum Gasteiger partial charge on any atom is 0.231 e. The molecule has 24 heavy (non-hydrogen) atoms. The fourth-order valence-electron chi connectivity index (χ4n) is 3.38. The zero-order chi connectivity index (χ0) is 16.7. The Morgan fingerprint density at radius 2 is 2.25 bits per heavy atom. The van der Waals surface area contributed by atoms with Crippen molar-refractivity contribution < 1.29 is 14.3 Å². The zero-order valence-electron chi connectivity index (χ0n) is 13.4. The summed E-state index contributed by atoms with van der Waals surface area (Å²) in [6.07, 6.45) is 3.73. The second-order valence-electron chi connectivity index (χ2n) is 6.10. The van der Waals surface area contributed by atoms with E-state index in [4.69, 9.17) is 4.74 Å². The van der Waals surface area contributed by atoms with Gasteiger partial charge in [0.05, 0.1) is 31.6 Å². The van der Waals surface area contributed by atoms with Crippen LogP contribution in [0.2, 0.25) is 0 Å². The van der Waals surface area contributed by atoms with Crippen LogP contribution in [0.25, 0.3) is 0 Å². The summed E-state index contributed by atoms with van der Waals surface area (Å²) in [6.45, 7) is 1.88. The van der Waals surface area contributed by atoms with Gasteiger partial charge in [-0.15, -0.1) is 0 Å². The van der Waals surface area contributed by atoms with Gasteiger partial charge in [0, 0.05) is 31.4 Å². The molecule has 0 bridgehead atoms. The number of imidazole rings is 1. The number of amides is 2. The van der Waals surface area contributed by atoms with Crippen LogP contribution < -0.4 is 10.1 Å². The maximum absolute atomic E-state index is 13.1. The summed E-state index contributed by atoms with van der Waals surface area (Å²) in [5, 5.41) is 2.83. The van der Waals surface area contributed by atoms with Crippen LogP contribution in [-0.4, -0.2) is 39.9 Å². The number of nitrogens with one attached hydrogen (secondary N) is 1. The fraction of sp³-hybridized carbons (Fsp3) is 0.353. The molecule has 0 saturated carbocycles. The average molecular weight is 326 g/mol. The van der Waals surface area contributed by atoms with Crippen molar-refractivity contribution in [2.24, 2.45) is 0 Å². The van der Waals surface area contributed by atoms with Crippen LogP contribution in [0.15, 0.2) is 30.7 Å². The number of ether oxygens (including phenoxy) is 1. The van der Waals surface area contributed by atoms with E-state index in [9.17, 15) is 9.59 Å². The quantitative estimate of drug-likeness (QED) is 0.904. The summed E-state index contributed by atoms with van der Waals surface area (Å²) in [5.74, 6) is 0.0533. The first kappa shape index (κ1) is 14.7. The van der Waals surface area contributed by atoms with Crippen molar-refractivity contribution in [2.75, 3.05) is 19.0 Å². The standard InChI is InChI=1S/C17H18N4O3/c1-24-12-2-3-15-13(6-12)14(7-16(22)19-15)17(23)20-4-5-21-10-18-8-11(21)9-20/h2-3,6,8,10,14H,4-5,7,9H2,1H3,(H,19,22)/t14-/m0/s1. The van der Waals surface area contributed by atoms with Crippen LogP contribution in [0.1, 0.15) is 23.6 Å².